The molecule has 3 heterocycles. The number of nitrogens with one attached hydrogen (secondary N) is 1. The summed E-state index contributed by atoms with van der Waals surface area (Å²) in [4.78, 5) is 4.40. The van der Waals surface area contributed by atoms with Gasteiger partial charge in [0.05, 0.1) is 20.5 Å². The van der Waals surface area contributed by atoms with Gasteiger partial charge in [-0.1, -0.05) is 18.2 Å². The predicted molar refractivity (Wildman–Crippen MR) is 128 cm³/mol. The largest absolute Gasteiger partial charge is 0.457 e. The predicted octanol–water partition coefficient (Wildman–Crippen LogP) is 5.00. The molecule has 4 aromatic rings. The number of ether oxygens (including phenoxy) is 1. The number of piperidine rings is 1. The van der Waals surface area contributed by atoms with Crippen LogP contribution in [0.25, 0.3) is 22.2 Å². The lowest BCUT2D eigenvalue weighted by Gasteiger charge is -2.24. The second-order valence-corrected chi connectivity index (χ2v) is 8.59. The van der Waals surface area contributed by atoms with Crippen molar-refractivity contribution in [2.45, 2.75) is 18.9 Å². The van der Waals surface area contributed by atoms with Crippen molar-refractivity contribution < 1.29 is 4.74 Å². The summed E-state index contributed by atoms with van der Waals surface area (Å²) in [5.41, 5.74) is 9.29. The van der Waals surface area contributed by atoms with Crippen LogP contribution in [-0.4, -0.2) is 27.9 Å². The van der Waals surface area contributed by atoms with E-state index in [1.165, 1.54) is 0 Å². The van der Waals surface area contributed by atoms with E-state index >= 15 is 0 Å². The van der Waals surface area contributed by atoms with Crippen molar-refractivity contribution in [3.63, 3.8) is 0 Å². The zero-order valence-electron chi connectivity index (χ0n) is 16.4. The lowest BCUT2D eigenvalue weighted by atomic mass is 10.1. The van der Waals surface area contributed by atoms with Crippen molar-refractivity contribution in [2.24, 2.45) is 0 Å². The number of nitrogen functional groups attached to an aromatic ring is 1. The molecule has 1 aliphatic rings. The SMILES string of the molecule is Nc1ncc(I)c2c1c(-c1ccc(Oc3ccccc3)cc1)nn2C1CCNCC1. The quantitative estimate of drug-likeness (QED) is 0.377. The monoisotopic (exact) mass is 511 g/mol. The normalized spacial score (nSPS) is 14.8. The lowest BCUT2D eigenvalue weighted by Crippen LogP contribution is -2.30. The van der Waals surface area contributed by atoms with Crippen molar-refractivity contribution in [3.05, 3.63) is 64.4 Å². The van der Waals surface area contributed by atoms with Gasteiger partial charge in [0.2, 0.25) is 0 Å². The summed E-state index contributed by atoms with van der Waals surface area (Å²) in [5, 5.41) is 9.40. The molecule has 0 saturated carbocycles. The van der Waals surface area contributed by atoms with Gasteiger partial charge in [-0.2, -0.15) is 5.10 Å². The molecule has 0 radical (unpaired) electrons. The van der Waals surface area contributed by atoms with Gasteiger partial charge in [-0.25, -0.2) is 4.98 Å². The third-order valence-electron chi connectivity index (χ3n) is 5.47. The summed E-state index contributed by atoms with van der Waals surface area (Å²) in [6, 6.07) is 18.1. The fourth-order valence-electron chi connectivity index (χ4n) is 3.98. The van der Waals surface area contributed by atoms with Gasteiger partial charge in [0, 0.05) is 11.8 Å². The molecule has 0 bridgehead atoms. The molecule has 6 nitrogen and oxygen atoms in total. The summed E-state index contributed by atoms with van der Waals surface area (Å²) in [6.45, 7) is 2.01. The van der Waals surface area contributed by atoms with Crippen LogP contribution in [0, 0.1) is 3.57 Å². The number of hydrogen-bond acceptors (Lipinski definition) is 5. The van der Waals surface area contributed by atoms with Gasteiger partial charge >= 0.3 is 0 Å². The third kappa shape index (κ3) is 3.63. The molecule has 0 unspecified atom stereocenters. The van der Waals surface area contributed by atoms with E-state index in [0.717, 1.165) is 63.2 Å². The molecule has 1 saturated heterocycles. The van der Waals surface area contributed by atoms with Crippen molar-refractivity contribution in [1.82, 2.24) is 20.1 Å². The van der Waals surface area contributed by atoms with Crippen molar-refractivity contribution >= 4 is 39.3 Å². The van der Waals surface area contributed by atoms with Crippen LogP contribution in [0.5, 0.6) is 11.5 Å². The smallest absolute Gasteiger partial charge is 0.135 e. The van der Waals surface area contributed by atoms with Gasteiger partial charge in [-0.3, -0.25) is 4.68 Å². The minimum Gasteiger partial charge on any atom is -0.457 e. The first-order valence-electron chi connectivity index (χ1n) is 10.1. The first kappa shape index (κ1) is 19.3. The average Bonchev–Trinajstić information content (AvgIpc) is 3.20. The number of nitrogens with two attached hydrogens (primary N) is 1. The number of fused-ring (bicyclic) bond motifs is 1. The molecule has 2 aromatic carbocycles. The van der Waals surface area contributed by atoms with Crippen LogP contribution in [0.2, 0.25) is 0 Å². The van der Waals surface area contributed by atoms with E-state index in [1.54, 1.807) is 0 Å². The molecule has 0 aliphatic carbocycles. The highest BCUT2D eigenvalue weighted by molar-refractivity contribution is 14.1. The van der Waals surface area contributed by atoms with E-state index in [9.17, 15) is 0 Å². The molecule has 7 heteroatoms. The Hall–Kier alpha value is -2.65. The number of benzene rings is 2. The zero-order valence-corrected chi connectivity index (χ0v) is 18.5. The fourth-order valence-corrected chi connectivity index (χ4v) is 4.64. The van der Waals surface area contributed by atoms with E-state index in [-0.39, 0.29) is 0 Å². The number of pyridine rings is 1. The summed E-state index contributed by atoms with van der Waals surface area (Å²) in [7, 11) is 0. The van der Waals surface area contributed by atoms with Crippen LogP contribution < -0.4 is 15.8 Å². The molecule has 3 N–H and O–H groups in total. The second kappa shape index (κ2) is 8.23. The Morgan fingerprint density at radius 3 is 2.43 bits per heavy atom. The molecule has 0 atom stereocenters. The molecular weight excluding hydrogens is 489 g/mol. The molecule has 2 aromatic heterocycles. The van der Waals surface area contributed by atoms with E-state index in [2.05, 4.69) is 37.6 Å². The molecule has 152 valence electrons. The van der Waals surface area contributed by atoms with Crippen molar-refractivity contribution in [3.8, 4) is 22.8 Å². The molecule has 0 spiro atoms. The molecule has 1 fully saturated rings. The van der Waals surface area contributed by atoms with Gasteiger partial charge < -0.3 is 15.8 Å². The summed E-state index contributed by atoms with van der Waals surface area (Å²) in [5.74, 6) is 2.12. The average molecular weight is 511 g/mol. The number of aromatic nitrogens is 3. The Morgan fingerprint density at radius 2 is 1.70 bits per heavy atom. The number of halogens is 1. The number of anilines is 1. The Balaban J connectivity index is 1.56. The Bertz CT molecular complexity index is 1170. The highest BCUT2D eigenvalue weighted by Crippen LogP contribution is 2.37. The van der Waals surface area contributed by atoms with E-state index < -0.39 is 0 Å². The van der Waals surface area contributed by atoms with Crippen LogP contribution in [0.1, 0.15) is 18.9 Å². The van der Waals surface area contributed by atoms with Crippen LogP contribution in [0.4, 0.5) is 5.82 Å². The molecule has 1 aliphatic heterocycles. The van der Waals surface area contributed by atoms with Crippen LogP contribution >= 0.6 is 22.6 Å². The summed E-state index contributed by atoms with van der Waals surface area (Å²) >= 11 is 2.33. The maximum absolute atomic E-state index is 6.33. The standard InChI is InChI=1S/C23H22IN5O/c24-19-14-27-23(25)20-21(28-29(22(19)20)16-10-12-26-13-11-16)15-6-8-18(9-7-15)30-17-4-2-1-3-5-17/h1-9,14,16,26H,10-13H2,(H2,25,27). The zero-order chi connectivity index (χ0) is 20.5. The number of para-hydroxylation sites is 1. The highest BCUT2D eigenvalue weighted by atomic mass is 127. The Morgan fingerprint density at radius 1 is 1.00 bits per heavy atom. The van der Waals surface area contributed by atoms with Gasteiger partial charge in [0.25, 0.3) is 0 Å². The Kier molecular flexibility index (Phi) is 5.30. The molecule has 30 heavy (non-hydrogen) atoms. The molecule has 0 amide bonds. The minimum atomic E-state index is 0.360. The highest BCUT2D eigenvalue weighted by Gasteiger charge is 2.24. The van der Waals surface area contributed by atoms with Gasteiger partial charge in [-0.05, 0) is 84.9 Å². The molecule has 5 rings (SSSR count). The number of rotatable bonds is 4. The topological polar surface area (TPSA) is 78.0 Å². The summed E-state index contributed by atoms with van der Waals surface area (Å²) < 4.78 is 9.16. The Labute approximate surface area is 188 Å². The van der Waals surface area contributed by atoms with Gasteiger partial charge in [-0.15, -0.1) is 0 Å². The third-order valence-corrected chi connectivity index (χ3v) is 6.26. The minimum absolute atomic E-state index is 0.360. The van der Waals surface area contributed by atoms with E-state index in [4.69, 9.17) is 15.6 Å². The second-order valence-electron chi connectivity index (χ2n) is 7.43. The van der Waals surface area contributed by atoms with Crippen LogP contribution in [-0.2, 0) is 0 Å². The maximum Gasteiger partial charge on any atom is 0.135 e. The number of nitrogens with zero attached hydrogens (tertiary/aromatic N) is 3. The summed E-state index contributed by atoms with van der Waals surface area (Å²) in [6.07, 6.45) is 3.94. The van der Waals surface area contributed by atoms with Crippen molar-refractivity contribution in [2.75, 3.05) is 18.8 Å². The van der Waals surface area contributed by atoms with Crippen molar-refractivity contribution in [1.29, 1.82) is 0 Å². The van der Waals surface area contributed by atoms with Crippen LogP contribution in [0.15, 0.2) is 60.8 Å². The van der Waals surface area contributed by atoms with E-state index in [0.29, 0.717) is 11.9 Å². The first-order chi connectivity index (χ1) is 14.7. The fraction of sp³-hybridized carbons (Fsp3) is 0.217. The molecular formula is C23H22IN5O. The number of hydrogen-bond donors (Lipinski definition) is 2. The van der Waals surface area contributed by atoms with Gasteiger partial charge in [0.1, 0.15) is 23.0 Å². The maximum atomic E-state index is 6.33. The lowest BCUT2D eigenvalue weighted by molar-refractivity contribution is 0.351. The first-order valence-corrected chi connectivity index (χ1v) is 11.1. The van der Waals surface area contributed by atoms with Gasteiger partial charge in [0.15, 0.2) is 0 Å². The van der Waals surface area contributed by atoms with Crippen LogP contribution in [0.3, 0.4) is 0 Å². The van der Waals surface area contributed by atoms with E-state index in [1.807, 2.05) is 60.8 Å².